The summed E-state index contributed by atoms with van der Waals surface area (Å²) in [6.07, 6.45) is 0. The molecule has 0 saturated carbocycles. The Hall–Kier alpha value is -0.0500. The van der Waals surface area contributed by atoms with Gasteiger partial charge in [0.1, 0.15) is 0 Å². The molecule has 0 bridgehead atoms. The number of rotatable bonds is 6. The van der Waals surface area contributed by atoms with E-state index in [2.05, 4.69) is 14.9 Å². The van der Waals surface area contributed by atoms with Crippen LogP contribution >= 0.6 is 35.1 Å². The van der Waals surface area contributed by atoms with Crippen molar-refractivity contribution in [1.82, 2.24) is 14.9 Å². The van der Waals surface area contributed by atoms with E-state index < -0.39 is 0 Å². The summed E-state index contributed by atoms with van der Waals surface area (Å²) in [5.74, 6) is 1.74. The molecule has 1 aromatic carbocycles. The van der Waals surface area contributed by atoms with Crippen molar-refractivity contribution in [2.24, 2.45) is 5.92 Å². The monoisotopic (exact) mass is 421 g/mol. The second-order valence-corrected chi connectivity index (χ2v) is 8.01. The van der Waals surface area contributed by atoms with Crippen LogP contribution in [0, 0.1) is 5.92 Å². The van der Waals surface area contributed by atoms with E-state index in [0.717, 1.165) is 71.4 Å². The third-order valence-electron chi connectivity index (χ3n) is 4.12. The molecule has 3 rings (SSSR count). The molecule has 26 heavy (non-hydrogen) atoms. The maximum Gasteiger partial charge on any atom is 0.0594 e. The smallest absolute Gasteiger partial charge is 0.0594 e. The predicted octanol–water partition coefficient (Wildman–Crippen LogP) is 2.79. The molecule has 2 fully saturated rings. The number of halogens is 2. The fraction of sp³-hybridized carbons (Fsp3) is 0.667. The van der Waals surface area contributed by atoms with Crippen LogP contribution in [0.1, 0.15) is 0 Å². The number of nitrogens with zero attached hydrogens (tertiary/aromatic N) is 1. The van der Waals surface area contributed by atoms with Gasteiger partial charge in [-0.3, -0.25) is 9.62 Å². The Kier molecular flexibility index (Phi) is 12.0. The summed E-state index contributed by atoms with van der Waals surface area (Å²) in [5, 5.41) is 4.60. The van der Waals surface area contributed by atoms with Crippen molar-refractivity contribution < 1.29 is 9.47 Å². The molecule has 1 unspecified atom stereocenters. The average Bonchev–Trinajstić information content (AvgIpc) is 2.94. The van der Waals surface area contributed by atoms with Gasteiger partial charge in [0.15, 0.2) is 0 Å². The molecule has 1 aromatic rings. The molecule has 8 heteroatoms. The van der Waals surface area contributed by atoms with Gasteiger partial charge >= 0.3 is 0 Å². The molecule has 2 saturated heterocycles. The Morgan fingerprint density at radius 3 is 2.54 bits per heavy atom. The van der Waals surface area contributed by atoms with Crippen LogP contribution in [0.25, 0.3) is 0 Å². The van der Waals surface area contributed by atoms with Gasteiger partial charge in [0.25, 0.3) is 0 Å². The molecule has 2 N–H and O–H groups in total. The summed E-state index contributed by atoms with van der Waals surface area (Å²) in [5.41, 5.74) is 0. The highest BCUT2D eigenvalue weighted by Crippen LogP contribution is 2.19. The van der Waals surface area contributed by atoms with E-state index in [-0.39, 0.29) is 0 Å². The lowest BCUT2D eigenvalue weighted by molar-refractivity contribution is 0.0410. The number of hydrogen-bond donors (Lipinski definition) is 2. The van der Waals surface area contributed by atoms with Crippen LogP contribution in [0.4, 0.5) is 0 Å². The molecule has 1 atom stereocenters. The minimum Gasteiger partial charge on any atom is -0.380 e. The first-order valence-electron chi connectivity index (χ1n) is 9.09. The summed E-state index contributed by atoms with van der Waals surface area (Å²) in [6.45, 7) is 9.91. The van der Waals surface area contributed by atoms with Crippen LogP contribution in [-0.4, -0.2) is 76.3 Å². The standard InChI is InChI=1S/C12H25N3O2S.C6H4Cl2/c1-5-17-11-12(9-13-1)10-14-18-8-4-15-2-6-16-7-3-15;7-5-3-1-2-4-6(5)8/h12-14H,1-11H2;1-4H. The highest BCUT2D eigenvalue weighted by atomic mass is 35.5. The van der Waals surface area contributed by atoms with Crippen molar-refractivity contribution >= 4 is 35.1 Å². The van der Waals surface area contributed by atoms with E-state index >= 15 is 0 Å². The summed E-state index contributed by atoms with van der Waals surface area (Å²) in [7, 11) is 0. The molecule has 2 aliphatic rings. The molecule has 0 aliphatic carbocycles. The van der Waals surface area contributed by atoms with Crippen LogP contribution in [0.15, 0.2) is 24.3 Å². The number of ether oxygens (including phenoxy) is 2. The first-order valence-corrected chi connectivity index (χ1v) is 10.8. The third-order valence-corrected chi connectivity index (χ3v) is 5.63. The Morgan fingerprint density at radius 2 is 1.85 bits per heavy atom. The van der Waals surface area contributed by atoms with Gasteiger partial charge in [-0.05, 0) is 12.1 Å². The molecule has 5 nitrogen and oxygen atoms in total. The van der Waals surface area contributed by atoms with Gasteiger partial charge in [-0.2, -0.15) is 0 Å². The number of benzene rings is 1. The van der Waals surface area contributed by atoms with Crippen molar-refractivity contribution in [2.75, 3.05) is 71.4 Å². The lowest BCUT2D eigenvalue weighted by Crippen LogP contribution is -2.38. The highest BCUT2D eigenvalue weighted by molar-refractivity contribution is 7.97. The Balaban J connectivity index is 0.000000254. The predicted molar refractivity (Wildman–Crippen MR) is 111 cm³/mol. The maximum absolute atomic E-state index is 5.58. The third kappa shape index (κ3) is 9.76. The van der Waals surface area contributed by atoms with Gasteiger partial charge in [-0.25, -0.2) is 0 Å². The first kappa shape index (κ1) is 22.2. The van der Waals surface area contributed by atoms with Crippen LogP contribution < -0.4 is 10.0 Å². The molecule has 2 heterocycles. The number of hydrogen-bond acceptors (Lipinski definition) is 6. The Morgan fingerprint density at radius 1 is 1.12 bits per heavy atom. The van der Waals surface area contributed by atoms with Crippen molar-refractivity contribution in [3.05, 3.63) is 34.3 Å². The van der Waals surface area contributed by atoms with Crippen molar-refractivity contribution in [3.8, 4) is 0 Å². The summed E-state index contributed by atoms with van der Waals surface area (Å²) >= 11 is 13.0. The van der Waals surface area contributed by atoms with Gasteiger partial charge < -0.3 is 14.8 Å². The van der Waals surface area contributed by atoms with Gasteiger partial charge in [-0.15, -0.1) is 0 Å². The molecular weight excluding hydrogens is 393 g/mol. The van der Waals surface area contributed by atoms with E-state index in [4.69, 9.17) is 32.7 Å². The molecule has 2 aliphatic heterocycles. The first-order chi connectivity index (χ1) is 12.8. The molecule has 0 amide bonds. The fourth-order valence-electron chi connectivity index (χ4n) is 2.58. The topological polar surface area (TPSA) is 45.8 Å². The van der Waals surface area contributed by atoms with Gasteiger partial charge in [0, 0.05) is 50.9 Å². The lowest BCUT2D eigenvalue weighted by Gasteiger charge is -2.26. The molecular formula is C18H29Cl2N3O2S. The number of morpholine rings is 1. The lowest BCUT2D eigenvalue weighted by atomic mass is 10.2. The second-order valence-electron chi connectivity index (χ2n) is 6.21. The van der Waals surface area contributed by atoms with Crippen LogP contribution in [0.2, 0.25) is 10.0 Å². The van der Waals surface area contributed by atoms with Gasteiger partial charge in [0.05, 0.1) is 36.5 Å². The largest absolute Gasteiger partial charge is 0.380 e. The molecule has 0 aromatic heterocycles. The zero-order valence-electron chi connectivity index (χ0n) is 15.1. The van der Waals surface area contributed by atoms with Gasteiger partial charge in [0.2, 0.25) is 0 Å². The normalized spacial score (nSPS) is 21.5. The van der Waals surface area contributed by atoms with E-state index in [9.17, 15) is 0 Å². The summed E-state index contributed by atoms with van der Waals surface area (Å²) < 4.78 is 14.3. The van der Waals surface area contributed by atoms with Gasteiger partial charge in [-0.1, -0.05) is 47.3 Å². The minimum atomic E-state index is 0.600. The van der Waals surface area contributed by atoms with E-state index in [1.54, 1.807) is 12.1 Å². The van der Waals surface area contributed by atoms with Crippen LogP contribution in [0.3, 0.4) is 0 Å². The van der Waals surface area contributed by atoms with Crippen molar-refractivity contribution in [1.29, 1.82) is 0 Å². The molecule has 148 valence electrons. The minimum absolute atomic E-state index is 0.600. The zero-order valence-corrected chi connectivity index (χ0v) is 17.4. The van der Waals surface area contributed by atoms with E-state index in [1.807, 2.05) is 24.1 Å². The maximum atomic E-state index is 5.58. The zero-order chi connectivity index (χ0) is 18.5. The Labute approximate surface area is 171 Å². The summed E-state index contributed by atoms with van der Waals surface area (Å²) in [4.78, 5) is 2.47. The SMILES string of the molecule is C1COCC(CNSCCN2CCOCC2)CN1.Clc1ccccc1Cl. The quantitative estimate of drug-likeness (QED) is 0.543. The Bertz CT molecular complexity index is 464. The fourth-order valence-corrected chi connectivity index (χ4v) is 3.70. The summed E-state index contributed by atoms with van der Waals surface area (Å²) in [6, 6.07) is 7.19. The van der Waals surface area contributed by atoms with Crippen molar-refractivity contribution in [2.45, 2.75) is 0 Å². The second kappa shape index (κ2) is 14.0. The highest BCUT2D eigenvalue weighted by Gasteiger charge is 2.12. The molecule has 0 spiro atoms. The van der Waals surface area contributed by atoms with E-state index in [1.165, 1.54) is 0 Å². The number of nitrogens with one attached hydrogen (secondary N) is 2. The van der Waals surface area contributed by atoms with Crippen LogP contribution in [0.5, 0.6) is 0 Å². The molecule has 0 radical (unpaired) electrons. The van der Waals surface area contributed by atoms with E-state index in [0.29, 0.717) is 16.0 Å². The van der Waals surface area contributed by atoms with Crippen LogP contribution in [-0.2, 0) is 9.47 Å². The van der Waals surface area contributed by atoms with Crippen molar-refractivity contribution in [3.63, 3.8) is 0 Å². The average molecular weight is 422 g/mol.